The molecule has 1 heterocycles. The summed E-state index contributed by atoms with van der Waals surface area (Å²) in [5.74, 6) is -0.536. The minimum absolute atomic E-state index is 0.0349. The van der Waals surface area contributed by atoms with Crippen LogP contribution in [0, 0.1) is 17.1 Å². The molecular formula is C10H7FN4. The lowest BCUT2D eigenvalue weighted by Crippen LogP contribution is -1.91. The third-order valence-electron chi connectivity index (χ3n) is 1.88. The summed E-state index contributed by atoms with van der Waals surface area (Å²) >= 11 is 0. The Balaban J connectivity index is 2.24. The van der Waals surface area contributed by atoms with Crippen molar-refractivity contribution >= 4 is 11.4 Å². The van der Waals surface area contributed by atoms with Crippen LogP contribution in [-0.2, 0) is 0 Å². The second-order valence-electron chi connectivity index (χ2n) is 2.92. The number of aromatic nitrogens is 2. The number of rotatable bonds is 2. The summed E-state index contributed by atoms with van der Waals surface area (Å²) in [5, 5.41) is 17.8. The van der Waals surface area contributed by atoms with Gasteiger partial charge in [-0.2, -0.15) is 10.4 Å². The van der Waals surface area contributed by atoms with Crippen LogP contribution in [0.25, 0.3) is 0 Å². The summed E-state index contributed by atoms with van der Waals surface area (Å²) in [6, 6.07) is 6.09. The maximum absolute atomic E-state index is 13.2. The molecular weight excluding hydrogens is 195 g/mol. The SMILES string of the molecule is N#Cc1ccc(Nc2cn[nH]c2)cc1F. The van der Waals surface area contributed by atoms with E-state index in [1.165, 1.54) is 12.1 Å². The van der Waals surface area contributed by atoms with Gasteiger partial charge in [-0.3, -0.25) is 5.10 Å². The summed E-state index contributed by atoms with van der Waals surface area (Å²) in [5.41, 5.74) is 1.35. The van der Waals surface area contributed by atoms with Gasteiger partial charge < -0.3 is 5.32 Å². The van der Waals surface area contributed by atoms with Crippen LogP contribution in [0.1, 0.15) is 5.56 Å². The van der Waals surface area contributed by atoms with E-state index < -0.39 is 5.82 Å². The molecule has 1 aromatic heterocycles. The van der Waals surface area contributed by atoms with Crippen molar-refractivity contribution in [3.63, 3.8) is 0 Å². The summed E-state index contributed by atoms with van der Waals surface area (Å²) in [7, 11) is 0. The molecule has 0 unspecified atom stereocenters. The van der Waals surface area contributed by atoms with E-state index in [4.69, 9.17) is 5.26 Å². The van der Waals surface area contributed by atoms with Gasteiger partial charge in [0.15, 0.2) is 0 Å². The molecule has 0 spiro atoms. The van der Waals surface area contributed by atoms with E-state index in [1.54, 1.807) is 24.5 Å². The normalized spacial score (nSPS) is 9.60. The van der Waals surface area contributed by atoms with E-state index in [-0.39, 0.29) is 5.56 Å². The number of hydrogen-bond donors (Lipinski definition) is 2. The van der Waals surface area contributed by atoms with E-state index in [0.29, 0.717) is 5.69 Å². The van der Waals surface area contributed by atoms with Crippen molar-refractivity contribution in [1.82, 2.24) is 10.2 Å². The molecule has 0 atom stereocenters. The Morgan fingerprint density at radius 1 is 1.40 bits per heavy atom. The number of nitrogens with zero attached hydrogens (tertiary/aromatic N) is 2. The van der Waals surface area contributed by atoms with Gasteiger partial charge in [0, 0.05) is 11.9 Å². The van der Waals surface area contributed by atoms with Crippen LogP contribution < -0.4 is 5.32 Å². The Bertz CT molecular complexity index is 499. The topological polar surface area (TPSA) is 64.5 Å². The van der Waals surface area contributed by atoms with Crippen molar-refractivity contribution in [3.05, 3.63) is 42.0 Å². The summed E-state index contributed by atoms with van der Waals surface area (Å²) < 4.78 is 13.2. The zero-order valence-corrected chi connectivity index (χ0v) is 7.66. The molecule has 0 saturated heterocycles. The number of halogens is 1. The highest BCUT2D eigenvalue weighted by Gasteiger charge is 2.02. The molecule has 0 saturated carbocycles. The van der Waals surface area contributed by atoms with E-state index in [0.717, 1.165) is 5.69 Å². The monoisotopic (exact) mass is 202 g/mol. The molecule has 0 amide bonds. The number of hydrogen-bond acceptors (Lipinski definition) is 3. The molecule has 5 heteroatoms. The summed E-state index contributed by atoms with van der Waals surface area (Å²) in [6.07, 6.45) is 3.23. The minimum atomic E-state index is -0.536. The molecule has 0 aliphatic rings. The first-order valence-electron chi connectivity index (χ1n) is 4.25. The fourth-order valence-electron chi connectivity index (χ4n) is 1.17. The number of nitriles is 1. The van der Waals surface area contributed by atoms with Gasteiger partial charge >= 0.3 is 0 Å². The lowest BCUT2D eigenvalue weighted by Gasteiger charge is -2.03. The van der Waals surface area contributed by atoms with Crippen molar-refractivity contribution in [2.45, 2.75) is 0 Å². The van der Waals surface area contributed by atoms with Gasteiger partial charge in [0.1, 0.15) is 11.9 Å². The number of benzene rings is 1. The number of nitrogens with one attached hydrogen (secondary N) is 2. The second kappa shape index (κ2) is 3.80. The van der Waals surface area contributed by atoms with Gasteiger partial charge in [-0.15, -0.1) is 0 Å². The van der Waals surface area contributed by atoms with Crippen molar-refractivity contribution < 1.29 is 4.39 Å². The molecule has 15 heavy (non-hydrogen) atoms. The standard InChI is InChI=1S/C10H7FN4/c11-10-3-8(2-1-7(10)4-12)15-9-5-13-14-6-9/h1-3,5-6,15H,(H,13,14). The van der Waals surface area contributed by atoms with Crippen LogP contribution in [0.4, 0.5) is 15.8 Å². The molecule has 2 N–H and O–H groups in total. The molecule has 0 aliphatic carbocycles. The molecule has 2 rings (SSSR count). The third-order valence-corrected chi connectivity index (χ3v) is 1.88. The lowest BCUT2D eigenvalue weighted by atomic mass is 10.2. The van der Waals surface area contributed by atoms with Gasteiger partial charge in [-0.1, -0.05) is 0 Å². The Kier molecular flexibility index (Phi) is 2.33. The van der Waals surface area contributed by atoms with E-state index in [9.17, 15) is 4.39 Å². The summed E-state index contributed by atoms with van der Waals surface area (Å²) in [6.45, 7) is 0. The molecule has 0 bridgehead atoms. The van der Waals surface area contributed by atoms with Crippen molar-refractivity contribution in [1.29, 1.82) is 5.26 Å². The van der Waals surface area contributed by atoms with Gasteiger partial charge in [0.05, 0.1) is 17.4 Å². The average Bonchev–Trinajstić information content (AvgIpc) is 2.71. The van der Waals surface area contributed by atoms with Crippen LogP contribution in [0.15, 0.2) is 30.6 Å². The van der Waals surface area contributed by atoms with E-state index in [1.807, 2.05) is 0 Å². The highest BCUT2D eigenvalue weighted by molar-refractivity contribution is 5.59. The minimum Gasteiger partial charge on any atom is -0.353 e. The fourth-order valence-corrected chi connectivity index (χ4v) is 1.17. The molecule has 0 radical (unpaired) electrons. The Labute approximate surface area is 85.4 Å². The first-order valence-corrected chi connectivity index (χ1v) is 4.25. The third kappa shape index (κ3) is 1.94. The van der Waals surface area contributed by atoms with Crippen LogP contribution in [-0.4, -0.2) is 10.2 Å². The van der Waals surface area contributed by atoms with Crippen molar-refractivity contribution in [3.8, 4) is 6.07 Å². The average molecular weight is 202 g/mol. The molecule has 74 valence electrons. The van der Waals surface area contributed by atoms with Crippen molar-refractivity contribution in [2.75, 3.05) is 5.32 Å². The first kappa shape index (κ1) is 9.21. The van der Waals surface area contributed by atoms with Gasteiger partial charge in [-0.25, -0.2) is 4.39 Å². The zero-order chi connectivity index (χ0) is 10.7. The van der Waals surface area contributed by atoms with Crippen molar-refractivity contribution in [2.24, 2.45) is 0 Å². The zero-order valence-electron chi connectivity index (χ0n) is 7.66. The van der Waals surface area contributed by atoms with Crippen LogP contribution in [0.2, 0.25) is 0 Å². The van der Waals surface area contributed by atoms with Crippen LogP contribution in [0.5, 0.6) is 0 Å². The molecule has 1 aromatic carbocycles. The number of anilines is 2. The van der Waals surface area contributed by atoms with E-state index in [2.05, 4.69) is 15.5 Å². The molecule has 4 nitrogen and oxygen atoms in total. The number of aromatic amines is 1. The Morgan fingerprint density at radius 3 is 2.87 bits per heavy atom. The maximum Gasteiger partial charge on any atom is 0.143 e. The Morgan fingerprint density at radius 2 is 2.27 bits per heavy atom. The first-order chi connectivity index (χ1) is 7.29. The predicted molar refractivity (Wildman–Crippen MR) is 53.0 cm³/mol. The molecule has 0 fully saturated rings. The van der Waals surface area contributed by atoms with Crippen LogP contribution >= 0.6 is 0 Å². The molecule has 0 aliphatic heterocycles. The highest BCUT2D eigenvalue weighted by Crippen LogP contribution is 2.17. The molecule has 2 aromatic rings. The smallest absolute Gasteiger partial charge is 0.143 e. The maximum atomic E-state index is 13.2. The Hall–Kier alpha value is -2.35. The highest BCUT2D eigenvalue weighted by atomic mass is 19.1. The largest absolute Gasteiger partial charge is 0.353 e. The van der Waals surface area contributed by atoms with Gasteiger partial charge in [-0.05, 0) is 18.2 Å². The quantitative estimate of drug-likeness (QED) is 0.784. The lowest BCUT2D eigenvalue weighted by molar-refractivity contribution is 0.624. The van der Waals surface area contributed by atoms with Gasteiger partial charge in [0.2, 0.25) is 0 Å². The predicted octanol–water partition coefficient (Wildman–Crippen LogP) is 2.16. The fraction of sp³-hybridized carbons (Fsp3) is 0. The van der Waals surface area contributed by atoms with E-state index >= 15 is 0 Å². The van der Waals surface area contributed by atoms with Crippen LogP contribution in [0.3, 0.4) is 0 Å². The second-order valence-corrected chi connectivity index (χ2v) is 2.92. The summed E-state index contributed by atoms with van der Waals surface area (Å²) in [4.78, 5) is 0. The van der Waals surface area contributed by atoms with Gasteiger partial charge in [0.25, 0.3) is 0 Å². The number of H-pyrrole nitrogens is 1.